The van der Waals surface area contributed by atoms with Crippen molar-refractivity contribution in [1.29, 1.82) is 0 Å². The zero-order valence-corrected chi connectivity index (χ0v) is 28.3. The summed E-state index contributed by atoms with van der Waals surface area (Å²) in [5, 5.41) is 5.46. The van der Waals surface area contributed by atoms with Gasteiger partial charge in [0.05, 0.1) is 23.0 Å². The van der Waals surface area contributed by atoms with Crippen molar-refractivity contribution in [2.45, 2.75) is 77.9 Å². The summed E-state index contributed by atoms with van der Waals surface area (Å²) in [5.74, 6) is -2.06. The molecule has 1 aromatic carbocycles. The van der Waals surface area contributed by atoms with E-state index in [4.69, 9.17) is 0 Å². The number of carbonyl (C=O) groups is 5. The lowest BCUT2D eigenvalue weighted by Gasteiger charge is -2.57. The molecule has 1 aliphatic carbocycles. The van der Waals surface area contributed by atoms with Gasteiger partial charge < -0.3 is 15.1 Å². The third kappa shape index (κ3) is 5.73. The van der Waals surface area contributed by atoms with Crippen LogP contribution >= 0.6 is 0 Å². The fourth-order valence-corrected chi connectivity index (χ4v) is 9.10. The van der Waals surface area contributed by atoms with Gasteiger partial charge in [0.1, 0.15) is 11.7 Å². The second kappa shape index (κ2) is 12.0. The van der Waals surface area contributed by atoms with Crippen LogP contribution < -0.4 is 20.4 Å². The minimum absolute atomic E-state index is 0.0858. The molecule has 48 heavy (non-hydrogen) atoms. The van der Waals surface area contributed by atoms with Crippen molar-refractivity contribution in [3.05, 3.63) is 53.3 Å². The van der Waals surface area contributed by atoms with Gasteiger partial charge in [-0.1, -0.05) is 27.7 Å². The van der Waals surface area contributed by atoms with Gasteiger partial charge in [0.15, 0.2) is 0 Å². The molecule has 0 radical (unpaired) electrons. The van der Waals surface area contributed by atoms with E-state index in [2.05, 4.69) is 58.0 Å². The number of imide groups is 2. The number of benzene rings is 1. The number of piperidine rings is 2. The average Bonchev–Trinajstić information content (AvgIpc) is 3.31. The summed E-state index contributed by atoms with van der Waals surface area (Å²) in [7, 11) is 0. The van der Waals surface area contributed by atoms with Crippen LogP contribution in [0.4, 0.5) is 11.4 Å². The Kier molecular flexibility index (Phi) is 8.04. The number of nitrogens with zero attached hydrogens (tertiary/aromatic N) is 5. The van der Waals surface area contributed by atoms with Crippen LogP contribution in [-0.2, 0) is 9.59 Å². The van der Waals surface area contributed by atoms with Crippen LogP contribution in [-0.4, -0.2) is 102 Å². The van der Waals surface area contributed by atoms with Gasteiger partial charge >= 0.3 is 0 Å². The first-order chi connectivity index (χ1) is 22.8. The number of fused-ring (bicyclic) bond motifs is 1. The molecule has 1 saturated carbocycles. The summed E-state index contributed by atoms with van der Waals surface area (Å²) in [5.41, 5.74) is 3.17. The number of amides is 5. The lowest BCUT2D eigenvalue weighted by molar-refractivity contribution is -0.136. The summed E-state index contributed by atoms with van der Waals surface area (Å²) in [6, 6.07) is 8.81. The summed E-state index contributed by atoms with van der Waals surface area (Å²) in [6.45, 7) is 14.2. The van der Waals surface area contributed by atoms with Crippen LogP contribution in [0, 0.1) is 10.8 Å². The van der Waals surface area contributed by atoms with Crippen molar-refractivity contribution in [2.75, 3.05) is 49.1 Å². The first kappa shape index (κ1) is 32.2. The number of aromatic nitrogens is 1. The number of hydrogen-bond acceptors (Lipinski definition) is 9. The second-order valence-corrected chi connectivity index (χ2v) is 15.4. The van der Waals surface area contributed by atoms with E-state index in [9.17, 15) is 24.0 Å². The maximum atomic E-state index is 13.3. The molecule has 4 aliphatic heterocycles. The molecule has 7 rings (SSSR count). The van der Waals surface area contributed by atoms with Crippen LogP contribution in [0.15, 0.2) is 36.5 Å². The van der Waals surface area contributed by atoms with E-state index in [-0.39, 0.29) is 41.5 Å². The van der Waals surface area contributed by atoms with E-state index >= 15 is 0 Å². The van der Waals surface area contributed by atoms with Gasteiger partial charge in [-0.05, 0) is 66.8 Å². The maximum Gasteiger partial charge on any atom is 0.270 e. The molecule has 1 unspecified atom stereocenters. The number of anilines is 2. The number of carbonyl (C=O) groups excluding carboxylic acids is 5. The second-order valence-electron chi connectivity index (χ2n) is 15.4. The zero-order valence-electron chi connectivity index (χ0n) is 28.3. The fourth-order valence-electron chi connectivity index (χ4n) is 9.10. The Morgan fingerprint density at radius 1 is 0.812 bits per heavy atom. The quantitative estimate of drug-likeness (QED) is 0.451. The van der Waals surface area contributed by atoms with Crippen LogP contribution in [0.25, 0.3) is 0 Å². The molecular weight excluding hydrogens is 610 g/mol. The molecule has 5 heterocycles. The SMILES string of the molecule is CC1(C)CC(C)(C)C1NC(=O)c1ccc(N2CCN(C3CCN(c4ccc5c(c4)C(=O)N(C4CCC(=O)NC4=O)C5=O)CC3)CC2)cn1. The highest BCUT2D eigenvalue weighted by molar-refractivity contribution is 6.23. The van der Waals surface area contributed by atoms with E-state index < -0.39 is 23.8 Å². The standard InChI is InChI=1S/C36H45N7O5/c1-35(2)21-36(3,4)34(35)39-30(45)27-8-6-24(20-37-27)42-17-15-41(16-18-42)22-11-13-40(14-12-22)23-5-7-25-26(19-23)33(48)43(32(25)47)28-9-10-29(44)38-31(28)46/h5-8,19-20,22,28,34H,9-18,21H2,1-4H3,(H,39,45)(H,38,44,46). The summed E-state index contributed by atoms with van der Waals surface area (Å²) < 4.78 is 0. The molecule has 1 aromatic heterocycles. The summed E-state index contributed by atoms with van der Waals surface area (Å²) >= 11 is 0. The van der Waals surface area contributed by atoms with Gasteiger partial charge in [-0.25, -0.2) is 4.98 Å². The molecule has 0 spiro atoms. The molecule has 4 fully saturated rings. The molecular formula is C36H45N7O5. The highest BCUT2D eigenvalue weighted by Gasteiger charge is 2.53. The smallest absolute Gasteiger partial charge is 0.270 e. The lowest BCUT2D eigenvalue weighted by Crippen LogP contribution is -2.63. The average molecular weight is 656 g/mol. The molecule has 254 valence electrons. The van der Waals surface area contributed by atoms with Gasteiger partial charge in [0.2, 0.25) is 11.8 Å². The van der Waals surface area contributed by atoms with Gasteiger partial charge in [0.25, 0.3) is 17.7 Å². The number of nitrogens with one attached hydrogen (secondary N) is 2. The first-order valence-electron chi connectivity index (χ1n) is 17.2. The van der Waals surface area contributed by atoms with Crippen molar-refractivity contribution in [1.82, 2.24) is 25.4 Å². The topological polar surface area (TPSA) is 135 Å². The zero-order chi connectivity index (χ0) is 34.0. The Bertz CT molecular complexity index is 1640. The Morgan fingerprint density at radius 3 is 2.08 bits per heavy atom. The van der Waals surface area contributed by atoms with Crippen molar-refractivity contribution >= 4 is 40.9 Å². The Hall–Kier alpha value is -4.32. The monoisotopic (exact) mass is 655 g/mol. The highest BCUT2D eigenvalue weighted by Crippen LogP contribution is 2.53. The van der Waals surface area contributed by atoms with Crippen molar-refractivity contribution in [3.8, 4) is 0 Å². The minimum Gasteiger partial charge on any atom is -0.371 e. The van der Waals surface area contributed by atoms with E-state index in [0.717, 1.165) is 74.8 Å². The largest absolute Gasteiger partial charge is 0.371 e. The Balaban J connectivity index is 0.902. The summed E-state index contributed by atoms with van der Waals surface area (Å²) in [6.07, 6.45) is 5.13. The lowest BCUT2D eigenvalue weighted by atomic mass is 9.52. The Labute approximate surface area is 281 Å². The molecule has 3 saturated heterocycles. The number of hydrogen-bond donors (Lipinski definition) is 2. The van der Waals surface area contributed by atoms with Gasteiger partial charge in [0, 0.05) is 63.5 Å². The van der Waals surface area contributed by atoms with Crippen molar-refractivity contribution in [2.24, 2.45) is 10.8 Å². The van der Waals surface area contributed by atoms with Crippen LogP contribution in [0.3, 0.4) is 0 Å². The first-order valence-corrected chi connectivity index (χ1v) is 17.2. The third-order valence-electron chi connectivity index (χ3n) is 11.2. The number of rotatable bonds is 6. The van der Waals surface area contributed by atoms with Crippen molar-refractivity contribution < 1.29 is 24.0 Å². The predicted molar refractivity (Wildman–Crippen MR) is 180 cm³/mol. The number of pyridine rings is 1. The number of piperazine rings is 1. The molecule has 12 heteroatoms. The van der Waals surface area contributed by atoms with E-state index in [1.165, 1.54) is 0 Å². The van der Waals surface area contributed by atoms with Crippen LogP contribution in [0.1, 0.15) is 91.0 Å². The van der Waals surface area contributed by atoms with Gasteiger partial charge in [-0.3, -0.25) is 39.1 Å². The van der Waals surface area contributed by atoms with Crippen LogP contribution in [0.2, 0.25) is 0 Å². The Morgan fingerprint density at radius 2 is 1.46 bits per heavy atom. The molecule has 0 bridgehead atoms. The third-order valence-corrected chi connectivity index (χ3v) is 11.2. The van der Waals surface area contributed by atoms with Gasteiger partial charge in [-0.15, -0.1) is 0 Å². The molecule has 1 atom stereocenters. The van der Waals surface area contributed by atoms with Crippen LogP contribution in [0.5, 0.6) is 0 Å². The van der Waals surface area contributed by atoms with E-state index in [1.807, 2.05) is 24.4 Å². The summed E-state index contributed by atoms with van der Waals surface area (Å²) in [4.78, 5) is 76.0. The molecule has 12 nitrogen and oxygen atoms in total. The normalized spacial score (nSPS) is 24.8. The van der Waals surface area contributed by atoms with Gasteiger partial charge in [-0.2, -0.15) is 0 Å². The minimum atomic E-state index is -0.964. The molecule has 2 aromatic rings. The highest BCUT2D eigenvalue weighted by atomic mass is 16.2. The van der Waals surface area contributed by atoms with E-state index in [1.54, 1.807) is 12.1 Å². The molecule has 5 aliphatic rings. The van der Waals surface area contributed by atoms with E-state index in [0.29, 0.717) is 22.9 Å². The van der Waals surface area contributed by atoms with Crippen molar-refractivity contribution in [3.63, 3.8) is 0 Å². The predicted octanol–water partition coefficient (Wildman–Crippen LogP) is 2.83. The molecule has 5 amide bonds. The maximum absolute atomic E-state index is 13.3. The molecule has 2 N–H and O–H groups in total. The fraction of sp³-hybridized carbons (Fsp3) is 0.556.